The number of para-hydroxylation sites is 1. The van der Waals surface area contributed by atoms with Crippen molar-refractivity contribution in [2.45, 2.75) is 12.2 Å². The first-order chi connectivity index (χ1) is 13.7. The molecular weight excluding hydrogens is 370 g/mol. The molecule has 138 valence electrons. The maximum Gasteiger partial charge on any atom is 0.184 e. The Labute approximate surface area is 166 Å². The summed E-state index contributed by atoms with van der Waals surface area (Å²) in [5.41, 5.74) is 11.9. The zero-order chi connectivity index (χ0) is 19.5. The second kappa shape index (κ2) is 7.62. The average Bonchev–Trinajstić information content (AvgIpc) is 3.16. The third-order valence-corrected chi connectivity index (χ3v) is 5.46. The van der Waals surface area contributed by atoms with E-state index in [0.717, 1.165) is 16.5 Å². The van der Waals surface area contributed by atoms with Crippen LogP contribution in [0.25, 0.3) is 11.0 Å². The predicted molar refractivity (Wildman–Crippen MR) is 113 cm³/mol. The van der Waals surface area contributed by atoms with E-state index in [1.165, 1.54) is 11.8 Å². The van der Waals surface area contributed by atoms with Gasteiger partial charge in [0.1, 0.15) is 23.2 Å². The summed E-state index contributed by atoms with van der Waals surface area (Å²) in [6.07, 6.45) is 0. The molecule has 0 saturated heterocycles. The number of benzene rings is 2. The van der Waals surface area contributed by atoms with Crippen LogP contribution in [0.5, 0.6) is 0 Å². The summed E-state index contributed by atoms with van der Waals surface area (Å²) in [7, 11) is 0. The summed E-state index contributed by atoms with van der Waals surface area (Å²) in [6.45, 7) is 1.85. The van der Waals surface area contributed by atoms with Crippen LogP contribution in [0.3, 0.4) is 0 Å². The van der Waals surface area contributed by atoms with Gasteiger partial charge in [-0.2, -0.15) is 10.4 Å². The minimum atomic E-state index is -0.229. The predicted octanol–water partition coefficient (Wildman–Crippen LogP) is 4.28. The summed E-state index contributed by atoms with van der Waals surface area (Å²) in [5.74, 6) is 0.880. The number of rotatable bonds is 3. The van der Waals surface area contributed by atoms with Gasteiger partial charge in [-0.25, -0.2) is 4.99 Å². The van der Waals surface area contributed by atoms with Crippen LogP contribution < -0.4 is 11.2 Å². The van der Waals surface area contributed by atoms with E-state index >= 15 is 0 Å². The van der Waals surface area contributed by atoms with Gasteiger partial charge >= 0.3 is 0 Å². The smallest absolute Gasteiger partial charge is 0.184 e. The van der Waals surface area contributed by atoms with Gasteiger partial charge in [-0.15, -0.1) is 0 Å². The molecule has 0 amide bonds. The third-order valence-electron chi connectivity index (χ3n) is 4.31. The van der Waals surface area contributed by atoms with Crippen LogP contribution in [-0.2, 0) is 0 Å². The Bertz CT molecular complexity index is 1120. The van der Waals surface area contributed by atoms with Gasteiger partial charge in [0.15, 0.2) is 10.9 Å². The van der Waals surface area contributed by atoms with Crippen molar-refractivity contribution in [1.82, 2.24) is 5.43 Å². The van der Waals surface area contributed by atoms with Gasteiger partial charge in [0.05, 0.1) is 10.8 Å². The second-order valence-electron chi connectivity index (χ2n) is 6.19. The van der Waals surface area contributed by atoms with Crippen LogP contribution >= 0.6 is 11.8 Å². The number of nitriles is 1. The topological polar surface area (TPSA) is 99.7 Å². The van der Waals surface area contributed by atoms with Gasteiger partial charge in [0.2, 0.25) is 0 Å². The van der Waals surface area contributed by atoms with E-state index in [4.69, 9.17) is 10.2 Å². The fourth-order valence-electron chi connectivity index (χ4n) is 2.88. The maximum absolute atomic E-state index is 9.48. The number of furan rings is 1. The van der Waals surface area contributed by atoms with E-state index in [1.54, 1.807) is 0 Å². The molecule has 6 nitrogen and oxygen atoms in total. The highest BCUT2D eigenvalue weighted by Gasteiger charge is 2.27. The number of hydrogen-bond donors (Lipinski definition) is 2. The molecule has 0 aliphatic carbocycles. The minimum absolute atomic E-state index is 0.203. The van der Waals surface area contributed by atoms with Crippen molar-refractivity contribution in [3.8, 4) is 6.07 Å². The number of nitrogens with one attached hydrogen (secondary N) is 1. The summed E-state index contributed by atoms with van der Waals surface area (Å²) >= 11 is 1.40. The van der Waals surface area contributed by atoms with Crippen LogP contribution in [0.2, 0.25) is 0 Å². The highest BCUT2D eigenvalue weighted by atomic mass is 32.2. The summed E-state index contributed by atoms with van der Waals surface area (Å²) in [4.78, 5) is 4.28. The Morgan fingerprint density at radius 3 is 2.71 bits per heavy atom. The summed E-state index contributed by atoms with van der Waals surface area (Å²) in [5, 5.41) is 15.2. The highest BCUT2D eigenvalue weighted by molar-refractivity contribution is 8.14. The molecule has 3 aromatic rings. The fraction of sp³-hybridized carbons (Fsp3) is 0.0952. The molecule has 1 aliphatic rings. The molecule has 1 aliphatic heterocycles. The van der Waals surface area contributed by atoms with Gasteiger partial charge in [0, 0.05) is 5.39 Å². The molecule has 4 rings (SSSR count). The Morgan fingerprint density at radius 2 is 1.96 bits per heavy atom. The number of thioether (sulfide) groups is 1. The molecule has 1 atom stereocenters. The van der Waals surface area contributed by atoms with Crippen molar-refractivity contribution in [1.29, 1.82) is 5.26 Å². The molecule has 0 bridgehead atoms. The molecule has 2 heterocycles. The van der Waals surface area contributed by atoms with E-state index in [1.807, 2.05) is 67.6 Å². The lowest BCUT2D eigenvalue weighted by Gasteiger charge is -2.21. The summed E-state index contributed by atoms with van der Waals surface area (Å²) < 4.78 is 5.82. The molecule has 0 saturated carbocycles. The first kappa shape index (κ1) is 17.9. The molecule has 0 fully saturated rings. The zero-order valence-electron chi connectivity index (χ0n) is 15.1. The number of amidine groups is 1. The van der Waals surface area contributed by atoms with E-state index in [2.05, 4.69) is 21.6 Å². The van der Waals surface area contributed by atoms with Gasteiger partial charge in [0.25, 0.3) is 0 Å². The Kier molecular flexibility index (Phi) is 4.87. The molecule has 7 heteroatoms. The monoisotopic (exact) mass is 387 g/mol. The van der Waals surface area contributed by atoms with E-state index < -0.39 is 0 Å². The minimum Gasteiger partial charge on any atom is -0.455 e. The Balaban J connectivity index is 1.58. The van der Waals surface area contributed by atoms with Crippen molar-refractivity contribution in [2.75, 3.05) is 0 Å². The number of nitrogens with two attached hydrogens (primary N) is 1. The zero-order valence-corrected chi connectivity index (χ0v) is 15.9. The van der Waals surface area contributed by atoms with Crippen LogP contribution in [0, 0.1) is 11.3 Å². The number of nitrogens with zero attached hydrogens (tertiary/aromatic N) is 3. The fourth-order valence-corrected chi connectivity index (χ4v) is 3.93. The van der Waals surface area contributed by atoms with Crippen LogP contribution in [0.4, 0.5) is 0 Å². The number of hydrazone groups is 1. The SMILES string of the molecule is C/C(=N\NC1=NC(N)=C(C#N)C(c2ccccc2)S1)c1cc2ccccc2o1. The van der Waals surface area contributed by atoms with E-state index in [9.17, 15) is 5.26 Å². The molecule has 28 heavy (non-hydrogen) atoms. The number of hydrogen-bond acceptors (Lipinski definition) is 7. The van der Waals surface area contributed by atoms with Gasteiger partial charge < -0.3 is 10.2 Å². The molecule has 1 unspecified atom stereocenters. The van der Waals surface area contributed by atoms with Crippen LogP contribution in [0.1, 0.15) is 23.5 Å². The quantitative estimate of drug-likeness (QED) is 0.516. The first-order valence-corrected chi connectivity index (χ1v) is 9.53. The average molecular weight is 387 g/mol. The van der Waals surface area contributed by atoms with Crippen molar-refractivity contribution in [2.24, 2.45) is 15.8 Å². The molecule has 1 aromatic heterocycles. The number of fused-ring (bicyclic) bond motifs is 1. The van der Waals surface area contributed by atoms with Crippen molar-refractivity contribution in [3.05, 3.63) is 83.4 Å². The highest BCUT2D eigenvalue weighted by Crippen LogP contribution is 2.39. The van der Waals surface area contributed by atoms with Crippen molar-refractivity contribution in [3.63, 3.8) is 0 Å². The molecular formula is C21H17N5OS. The number of aliphatic imine (C=N–C) groups is 1. The first-order valence-electron chi connectivity index (χ1n) is 8.65. The third kappa shape index (κ3) is 3.50. The lowest BCUT2D eigenvalue weighted by molar-refractivity contribution is 0.603. The second-order valence-corrected chi connectivity index (χ2v) is 7.29. The van der Waals surface area contributed by atoms with Crippen LogP contribution in [-0.4, -0.2) is 10.9 Å². The Morgan fingerprint density at radius 1 is 1.21 bits per heavy atom. The van der Waals surface area contributed by atoms with Crippen LogP contribution in [0.15, 0.2) is 86.6 Å². The van der Waals surface area contributed by atoms with Gasteiger partial charge in [-0.3, -0.25) is 5.43 Å². The van der Waals surface area contributed by atoms with Crippen molar-refractivity contribution < 1.29 is 4.42 Å². The lowest BCUT2D eigenvalue weighted by atomic mass is 10.1. The van der Waals surface area contributed by atoms with E-state index in [0.29, 0.717) is 22.2 Å². The maximum atomic E-state index is 9.48. The standard InChI is InChI=1S/C21H17N5OS/c1-13(18-11-15-9-5-6-10-17(15)27-18)25-26-21-24-20(23)16(12-22)19(28-21)14-7-3-2-4-8-14/h2-11,19H,23H2,1H3,(H,24,26)/b25-13+. The molecule has 2 aromatic carbocycles. The molecule has 0 spiro atoms. The molecule has 3 N–H and O–H groups in total. The van der Waals surface area contributed by atoms with Gasteiger partial charge in [-0.1, -0.05) is 60.3 Å². The Hall–Kier alpha value is -3.50. The lowest BCUT2D eigenvalue weighted by Crippen LogP contribution is -2.23. The van der Waals surface area contributed by atoms with E-state index in [-0.39, 0.29) is 11.1 Å². The van der Waals surface area contributed by atoms with Gasteiger partial charge in [-0.05, 0) is 24.6 Å². The molecule has 0 radical (unpaired) electrons. The largest absolute Gasteiger partial charge is 0.455 e. The summed E-state index contributed by atoms with van der Waals surface area (Å²) in [6, 6.07) is 21.7. The van der Waals surface area contributed by atoms with Crippen molar-refractivity contribution >= 4 is 33.6 Å². The normalized spacial score (nSPS) is 17.4.